The van der Waals surface area contributed by atoms with Gasteiger partial charge in [-0.2, -0.15) is 4.31 Å². The molecule has 5 nitrogen and oxygen atoms in total. The summed E-state index contributed by atoms with van der Waals surface area (Å²) < 4.78 is 25.5. The molecule has 2 aromatic rings. The molecule has 134 valence electrons. The summed E-state index contributed by atoms with van der Waals surface area (Å²) >= 11 is 0. The van der Waals surface area contributed by atoms with Crippen LogP contribution in [-0.4, -0.2) is 38.0 Å². The van der Waals surface area contributed by atoms with Gasteiger partial charge in [-0.05, 0) is 36.6 Å². The van der Waals surface area contributed by atoms with Gasteiger partial charge in [0.15, 0.2) is 0 Å². The van der Waals surface area contributed by atoms with Crippen molar-refractivity contribution in [3.8, 4) is 0 Å². The Balaban J connectivity index is 2.01. The molecule has 6 heteroatoms. The Kier molecular flexibility index (Phi) is 6.33. The number of benzene rings is 2. The van der Waals surface area contributed by atoms with Crippen molar-refractivity contribution in [2.75, 3.05) is 19.3 Å². The molecule has 25 heavy (non-hydrogen) atoms. The number of sulfonamides is 1. The molecule has 1 N–H and O–H groups in total. The van der Waals surface area contributed by atoms with E-state index < -0.39 is 10.0 Å². The molecule has 0 radical (unpaired) electrons. The molecular formula is C19H24N2O3S. The zero-order valence-electron chi connectivity index (χ0n) is 14.8. The average molecular weight is 360 g/mol. The fourth-order valence-corrected chi connectivity index (χ4v) is 3.35. The van der Waals surface area contributed by atoms with Gasteiger partial charge in [0.2, 0.25) is 10.0 Å². The molecule has 0 aliphatic heterocycles. The summed E-state index contributed by atoms with van der Waals surface area (Å²) in [6, 6.07) is 15.0. The summed E-state index contributed by atoms with van der Waals surface area (Å²) in [5.41, 5.74) is 3.49. The van der Waals surface area contributed by atoms with Gasteiger partial charge in [-0.25, -0.2) is 8.42 Å². The topological polar surface area (TPSA) is 66.5 Å². The van der Waals surface area contributed by atoms with Gasteiger partial charge < -0.3 is 5.32 Å². The Morgan fingerprint density at radius 1 is 1.00 bits per heavy atom. The first-order valence-corrected chi connectivity index (χ1v) is 9.97. The summed E-state index contributed by atoms with van der Waals surface area (Å²) in [5.74, 6) is -0.192. The summed E-state index contributed by atoms with van der Waals surface area (Å²) in [7, 11) is -3.37. The van der Waals surface area contributed by atoms with Crippen LogP contribution < -0.4 is 5.32 Å². The van der Waals surface area contributed by atoms with E-state index >= 15 is 0 Å². The van der Waals surface area contributed by atoms with Crippen LogP contribution >= 0.6 is 0 Å². The quantitative estimate of drug-likeness (QED) is 0.825. The van der Waals surface area contributed by atoms with Crippen LogP contribution in [0.2, 0.25) is 0 Å². The maximum atomic E-state index is 12.2. The van der Waals surface area contributed by atoms with Gasteiger partial charge in [0, 0.05) is 25.2 Å². The lowest BCUT2D eigenvalue weighted by molar-refractivity contribution is 0.0951. The molecule has 0 aliphatic rings. The second kappa shape index (κ2) is 8.27. The molecule has 0 spiro atoms. The Morgan fingerprint density at radius 3 is 2.20 bits per heavy atom. The third-order valence-corrected chi connectivity index (χ3v) is 5.36. The second-order valence-corrected chi connectivity index (χ2v) is 8.08. The van der Waals surface area contributed by atoms with Crippen LogP contribution in [0, 0.1) is 13.8 Å². The number of nitrogens with one attached hydrogen (secondary N) is 1. The number of nitrogens with zero attached hydrogens (tertiary/aromatic N) is 1. The fourth-order valence-electron chi connectivity index (χ4n) is 2.56. The van der Waals surface area contributed by atoms with Gasteiger partial charge in [-0.3, -0.25) is 4.79 Å². The molecule has 0 saturated carbocycles. The third-order valence-electron chi connectivity index (χ3n) is 4.11. The highest BCUT2D eigenvalue weighted by Gasteiger charge is 2.18. The molecule has 0 bridgehead atoms. The molecule has 0 aromatic heterocycles. The predicted octanol–water partition coefficient (Wildman–Crippen LogP) is 2.50. The van der Waals surface area contributed by atoms with Crippen LogP contribution in [0.15, 0.2) is 48.5 Å². The highest BCUT2D eigenvalue weighted by atomic mass is 32.2. The highest BCUT2D eigenvalue weighted by molar-refractivity contribution is 7.88. The van der Waals surface area contributed by atoms with Crippen molar-refractivity contribution in [3.05, 3.63) is 70.8 Å². The van der Waals surface area contributed by atoms with E-state index in [0.717, 1.165) is 16.7 Å². The lowest BCUT2D eigenvalue weighted by Gasteiger charge is -2.21. The molecule has 0 heterocycles. The van der Waals surface area contributed by atoms with Gasteiger partial charge in [0.1, 0.15) is 0 Å². The van der Waals surface area contributed by atoms with Crippen molar-refractivity contribution in [2.24, 2.45) is 0 Å². The van der Waals surface area contributed by atoms with Crippen molar-refractivity contribution in [2.45, 2.75) is 20.4 Å². The van der Waals surface area contributed by atoms with Gasteiger partial charge in [0.25, 0.3) is 5.91 Å². The molecule has 0 aliphatic carbocycles. The zero-order valence-corrected chi connectivity index (χ0v) is 15.6. The highest BCUT2D eigenvalue weighted by Crippen LogP contribution is 2.12. The minimum absolute atomic E-state index is 0.192. The number of aryl methyl sites for hydroxylation is 2. The van der Waals surface area contributed by atoms with Crippen molar-refractivity contribution in [1.29, 1.82) is 0 Å². The van der Waals surface area contributed by atoms with Crippen LogP contribution in [0.25, 0.3) is 0 Å². The van der Waals surface area contributed by atoms with Gasteiger partial charge >= 0.3 is 0 Å². The van der Waals surface area contributed by atoms with E-state index in [1.54, 1.807) is 6.07 Å². The van der Waals surface area contributed by atoms with E-state index in [1.165, 1.54) is 10.6 Å². The largest absolute Gasteiger partial charge is 0.351 e. The third kappa shape index (κ3) is 5.41. The van der Waals surface area contributed by atoms with Crippen molar-refractivity contribution < 1.29 is 13.2 Å². The molecule has 0 atom stereocenters. The van der Waals surface area contributed by atoms with Crippen LogP contribution in [0.5, 0.6) is 0 Å². The lowest BCUT2D eigenvalue weighted by atomic mass is 10.1. The van der Waals surface area contributed by atoms with Gasteiger partial charge in [-0.1, -0.05) is 42.5 Å². The van der Waals surface area contributed by atoms with Crippen molar-refractivity contribution >= 4 is 15.9 Å². The van der Waals surface area contributed by atoms with E-state index in [4.69, 9.17) is 0 Å². The SMILES string of the molecule is Cc1ccccc1CN(CCNC(=O)c1ccccc1C)S(C)(=O)=O. The van der Waals surface area contributed by atoms with Crippen LogP contribution in [0.3, 0.4) is 0 Å². The maximum Gasteiger partial charge on any atom is 0.251 e. The van der Waals surface area contributed by atoms with Crippen molar-refractivity contribution in [3.63, 3.8) is 0 Å². The zero-order chi connectivity index (χ0) is 18.4. The average Bonchev–Trinajstić information content (AvgIpc) is 2.55. The Hall–Kier alpha value is -2.18. The molecule has 0 saturated heterocycles. The standard InChI is InChI=1S/C19H24N2O3S/c1-15-8-4-6-10-17(15)14-21(25(3,23)24)13-12-20-19(22)18-11-7-5-9-16(18)2/h4-11H,12-14H2,1-3H3,(H,20,22). The first kappa shape index (κ1) is 19.1. The maximum absolute atomic E-state index is 12.2. The predicted molar refractivity (Wildman–Crippen MR) is 99.9 cm³/mol. The molecule has 0 unspecified atom stereocenters. The normalized spacial score (nSPS) is 11.5. The lowest BCUT2D eigenvalue weighted by Crippen LogP contribution is -2.38. The minimum Gasteiger partial charge on any atom is -0.351 e. The van der Waals surface area contributed by atoms with Crippen molar-refractivity contribution in [1.82, 2.24) is 9.62 Å². The molecular weight excluding hydrogens is 336 g/mol. The van der Waals surface area contributed by atoms with E-state index in [1.807, 2.05) is 56.3 Å². The number of carbonyl (C=O) groups excluding carboxylic acids is 1. The smallest absolute Gasteiger partial charge is 0.251 e. The fraction of sp³-hybridized carbons (Fsp3) is 0.316. The van der Waals surface area contributed by atoms with E-state index in [9.17, 15) is 13.2 Å². The summed E-state index contributed by atoms with van der Waals surface area (Å²) in [5, 5.41) is 2.80. The summed E-state index contributed by atoms with van der Waals surface area (Å²) in [6.45, 7) is 4.61. The number of carbonyl (C=O) groups is 1. The number of amides is 1. The van der Waals surface area contributed by atoms with Gasteiger partial charge in [0.05, 0.1) is 6.26 Å². The van der Waals surface area contributed by atoms with E-state index in [-0.39, 0.29) is 19.0 Å². The number of hydrogen-bond acceptors (Lipinski definition) is 3. The summed E-state index contributed by atoms with van der Waals surface area (Å²) in [4.78, 5) is 12.2. The van der Waals surface area contributed by atoms with Crippen LogP contribution in [0.4, 0.5) is 0 Å². The first-order valence-electron chi connectivity index (χ1n) is 8.12. The molecule has 2 aromatic carbocycles. The number of rotatable bonds is 7. The van der Waals surface area contributed by atoms with Crippen LogP contribution in [0.1, 0.15) is 27.0 Å². The first-order chi connectivity index (χ1) is 11.8. The summed E-state index contributed by atoms with van der Waals surface area (Å²) in [6.07, 6.45) is 1.19. The van der Waals surface area contributed by atoms with Gasteiger partial charge in [-0.15, -0.1) is 0 Å². The molecule has 0 fully saturated rings. The molecule has 2 rings (SSSR count). The monoisotopic (exact) mass is 360 g/mol. The number of hydrogen-bond donors (Lipinski definition) is 1. The van der Waals surface area contributed by atoms with E-state index in [2.05, 4.69) is 5.32 Å². The Labute approximate surface area is 149 Å². The molecule has 1 amide bonds. The second-order valence-electron chi connectivity index (χ2n) is 6.09. The Bertz CT molecular complexity index is 847. The Morgan fingerprint density at radius 2 is 1.60 bits per heavy atom. The van der Waals surface area contributed by atoms with Crippen LogP contribution in [-0.2, 0) is 16.6 Å². The van der Waals surface area contributed by atoms with E-state index in [0.29, 0.717) is 12.1 Å². The minimum atomic E-state index is -3.37.